The van der Waals surface area contributed by atoms with E-state index in [1.54, 1.807) is 37.1 Å². The number of carbonyl (C=O) groups is 1. The van der Waals surface area contributed by atoms with Crippen LogP contribution in [0.25, 0.3) is 0 Å². The maximum Gasteiger partial charge on any atom is 0.255 e. The van der Waals surface area contributed by atoms with Gasteiger partial charge in [-0.1, -0.05) is 41.9 Å². The number of fused-ring (bicyclic) bond motifs is 1. The third kappa shape index (κ3) is 5.01. The fourth-order valence-corrected chi connectivity index (χ4v) is 4.48. The van der Waals surface area contributed by atoms with Gasteiger partial charge in [-0.25, -0.2) is 4.68 Å². The summed E-state index contributed by atoms with van der Waals surface area (Å²) in [5, 5.41) is 11.3. The van der Waals surface area contributed by atoms with E-state index in [1.165, 1.54) is 6.33 Å². The van der Waals surface area contributed by atoms with Gasteiger partial charge in [0.15, 0.2) is 0 Å². The molecule has 2 N–H and O–H groups in total. The number of benzene rings is 3. The van der Waals surface area contributed by atoms with Crippen LogP contribution in [0.5, 0.6) is 17.2 Å². The Balaban J connectivity index is 1.52. The Morgan fingerprint density at radius 3 is 2.61 bits per heavy atom. The van der Waals surface area contributed by atoms with Crippen LogP contribution in [-0.4, -0.2) is 34.9 Å². The van der Waals surface area contributed by atoms with Gasteiger partial charge < -0.3 is 24.8 Å². The lowest BCUT2D eigenvalue weighted by Gasteiger charge is -2.30. The molecule has 194 valence electrons. The van der Waals surface area contributed by atoms with E-state index in [1.807, 2.05) is 55.5 Å². The van der Waals surface area contributed by atoms with Crippen LogP contribution in [0.1, 0.15) is 24.1 Å². The fraction of sp³-hybridized carbons (Fsp3) is 0.179. The van der Waals surface area contributed by atoms with E-state index in [-0.39, 0.29) is 5.91 Å². The van der Waals surface area contributed by atoms with Crippen molar-refractivity contribution < 1.29 is 19.0 Å². The quantitative estimate of drug-likeness (QED) is 0.311. The van der Waals surface area contributed by atoms with Crippen LogP contribution in [0.15, 0.2) is 84.3 Å². The summed E-state index contributed by atoms with van der Waals surface area (Å²) in [4.78, 5) is 18.2. The number of carbonyl (C=O) groups excluding carboxylic acids is 1. The van der Waals surface area contributed by atoms with E-state index in [0.29, 0.717) is 51.8 Å². The zero-order valence-corrected chi connectivity index (χ0v) is 21.8. The number of amides is 1. The van der Waals surface area contributed by atoms with Gasteiger partial charge in [0, 0.05) is 22.3 Å². The first-order chi connectivity index (χ1) is 18.5. The third-order valence-electron chi connectivity index (χ3n) is 6.22. The summed E-state index contributed by atoms with van der Waals surface area (Å²) in [5.41, 5.74) is 3.30. The molecule has 0 fully saturated rings. The number of anilines is 2. The monoisotopic (exact) mass is 531 g/mol. The van der Waals surface area contributed by atoms with Gasteiger partial charge in [0.1, 0.15) is 36.2 Å². The Bertz CT molecular complexity index is 1500. The molecule has 0 aliphatic carbocycles. The molecule has 1 aliphatic rings. The molecule has 9 nitrogen and oxygen atoms in total. The van der Waals surface area contributed by atoms with E-state index in [2.05, 4.69) is 20.7 Å². The van der Waals surface area contributed by atoms with Gasteiger partial charge in [-0.15, -0.1) is 0 Å². The summed E-state index contributed by atoms with van der Waals surface area (Å²) in [5.74, 6) is 1.90. The van der Waals surface area contributed by atoms with Gasteiger partial charge in [0.25, 0.3) is 5.91 Å². The molecule has 2 heterocycles. The second-order valence-corrected chi connectivity index (χ2v) is 9.00. The van der Waals surface area contributed by atoms with Crippen molar-refractivity contribution in [2.45, 2.75) is 19.6 Å². The Morgan fingerprint density at radius 2 is 1.84 bits per heavy atom. The highest BCUT2D eigenvalue weighted by molar-refractivity contribution is 6.30. The standard InChI is InChI=1S/C28H26ClN5O4/c1-17-25(27(35)33-22-14-20(36-2)12-13-24(22)37-3)26(34-28(32-17)30-16-31-34)21-6-4-5-7-23(21)38-15-18-8-10-19(29)11-9-18/h4-14,16,26H,15H2,1-3H3,(H,33,35)(H,30,31,32). The lowest BCUT2D eigenvalue weighted by atomic mass is 9.94. The Labute approximate surface area is 225 Å². The van der Waals surface area contributed by atoms with E-state index in [0.717, 1.165) is 11.1 Å². The second kappa shape index (κ2) is 10.9. The first kappa shape index (κ1) is 25.2. The van der Waals surface area contributed by atoms with Gasteiger partial charge in [0.2, 0.25) is 5.95 Å². The molecule has 1 unspecified atom stereocenters. The first-order valence-corrected chi connectivity index (χ1v) is 12.2. The molecule has 1 amide bonds. The van der Waals surface area contributed by atoms with Crippen molar-refractivity contribution in [3.63, 3.8) is 0 Å². The number of rotatable bonds is 8. The predicted molar refractivity (Wildman–Crippen MR) is 145 cm³/mol. The van der Waals surface area contributed by atoms with Crippen molar-refractivity contribution in [2.24, 2.45) is 0 Å². The maximum absolute atomic E-state index is 13.9. The van der Waals surface area contributed by atoms with E-state index in [9.17, 15) is 4.79 Å². The summed E-state index contributed by atoms with van der Waals surface area (Å²) < 4.78 is 18.7. The number of hydrogen-bond acceptors (Lipinski definition) is 7. The Morgan fingerprint density at radius 1 is 1.05 bits per heavy atom. The smallest absolute Gasteiger partial charge is 0.255 e. The molecule has 0 saturated carbocycles. The second-order valence-electron chi connectivity index (χ2n) is 8.57. The van der Waals surface area contributed by atoms with Crippen molar-refractivity contribution in [1.29, 1.82) is 0 Å². The molecule has 5 rings (SSSR count). The van der Waals surface area contributed by atoms with Crippen LogP contribution in [-0.2, 0) is 11.4 Å². The van der Waals surface area contributed by atoms with Crippen LogP contribution in [0, 0.1) is 0 Å². The number of halogens is 1. The molecule has 0 bridgehead atoms. The van der Waals surface area contributed by atoms with E-state index in [4.69, 9.17) is 25.8 Å². The SMILES string of the molecule is COc1ccc(OC)c(NC(=O)C2=C(C)Nc3ncnn3C2c2ccccc2OCc2ccc(Cl)cc2)c1. The van der Waals surface area contributed by atoms with Crippen LogP contribution in [0.3, 0.4) is 0 Å². The minimum atomic E-state index is -0.605. The molecule has 1 aromatic heterocycles. The first-order valence-electron chi connectivity index (χ1n) is 11.9. The molecule has 4 aromatic rings. The summed E-state index contributed by atoms with van der Waals surface area (Å²) >= 11 is 6.03. The minimum Gasteiger partial charge on any atom is -0.497 e. The number of nitrogens with one attached hydrogen (secondary N) is 2. The molecule has 0 spiro atoms. The highest BCUT2D eigenvalue weighted by atomic mass is 35.5. The number of para-hydroxylation sites is 1. The number of nitrogens with zero attached hydrogens (tertiary/aromatic N) is 3. The van der Waals surface area contributed by atoms with Crippen molar-refractivity contribution in [3.8, 4) is 17.2 Å². The molecule has 0 saturated heterocycles. The highest BCUT2D eigenvalue weighted by Crippen LogP contribution is 2.40. The van der Waals surface area contributed by atoms with E-state index < -0.39 is 6.04 Å². The summed E-state index contributed by atoms with van der Waals surface area (Å²) in [6.07, 6.45) is 1.45. The van der Waals surface area contributed by atoms with Gasteiger partial charge in [-0.2, -0.15) is 10.1 Å². The van der Waals surface area contributed by atoms with Crippen LogP contribution < -0.4 is 24.8 Å². The minimum absolute atomic E-state index is 0.328. The van der Waals surface area contributed by atoms with Crippen molar-refractivity contribution in [2.75, 3.05) is 24.9 Å². The summed E-state index contributed by atoms with van der Waals surface area (Å²) in [7, 11) is 3.11. The zero-order chi connectivity index (χ0) is 26.6. The van der Waals surface area contributed by atoms with Gasteiger partial charge >= 0.3 is 0 Å². The topological polar surface area (TPSA) is 99.5 Å². The van der Waals surface area contributed by atoms with Gasteiger partial charge in [-0.05, 0) is 42.8 Å². The average molecular weight is 532 g/mol. The number of hydrogen-bond donors (Lipinski definition) is 2. The van der Waals surface area contributed by atoms with Crippen molar-refractivity contribution in [1.82, 2.24) is 14.8 Å². The van der Waals surface area contributed by atoms with Crippen LogP contribution in [0.2, 0.25) is 5.02 Å². The molecule has 1 atom stereocenters. The molecule has 10 heteroatoms. The molecule has 0 radical (unpaired) electrons. The molecular weight excluding hydrogens is 506 g/mol. The van der Waals surface area contributed by atoms with Crippen molar-refractivity contribution >= 4 is 29.1 Å². The van der Waals surface area contributed by atoms with E-state index >= 15 is 0 Å². The molecular formula is C28H26ClN5O4. The number of aromatic nitrogens is 3. The summed E-state index contributed by atoms with van der Waals surface area (Å²) in [6.45, 7) is 2.16. The summed E-state index contributed by atoms with van der Waals surface area (Å²) in [6, 6.07) is 19.7. The lowest BCUT2D eigenvalue weighted by molar-refractivity contribution is -0.113. The Kier molecular flexibility index (Phi) is 7.19. The average Bonchev–Trinajstić information content (AvgIpc) is 3.40. The molecule has 1 aliphatic heterocycles. The van der Waals surface area contributed by atoms with Crippen molar-refractivity contribution in [3.05, 3.63) is 100 Å². The van der Waals surface area contributed by atoms with Crippen LogP contribution in [0.4, 0.5) is 11.6 Å². The Hall–Kier alpha value is -4.50. The third-order valence-corrected chi connectivity index (χ3v) is 6.47. The largest absolute Gasteiger partial charge is 0.497 e. The maximum atomic E-state index is 13.9. The number of allylic oxidation sites excluding steroid dienone is 1. The normalized spacial score (nSPS) is 14.4. The fourth-order valence-electron chi connectivity index (χ4n) is 4.35. The highest BCUT2D eigenvalue weighted by Gasteiger charge is 2.35. The van der Waals surface area contributed by atoms with Gasteiger partial charge in [0.05, 0.1) is 25.5 Å². The zero-order valence-electron chi connectivity index (χ0n) is 21.1. The van der Waals surface area contributed by atoms with Gasteiger partial charge in [-0.3, -0.25) is 4.79 Å². The molecule has 3 aromatic carbocycles. The number of ether oxygens (including phenoxy) is 3. The molecule has 38 heavy (non-hydrogen) atoms. The van der Waals surface area contributed by atoms with Crippen LogP contribution >= 0.6 is 11.6 Å². The predicted octanol–water partition coefficient (Wildman–Crippen LogP) is 5.46. The number of methoxy groups -OCH3 is 2. The lowest BCUT2D eigenvalue weighted by Crippen LogP contribution is -2.31.